The van der Waals surface area contributed by atoms with E-state index in [-0.39, 0.29) is 0 Å². The summed E-state index contributed by atoms with van der Waals surface area (Å²) in [6.45, 7) is 0.705. The van der Waals surface area contributed by atoms with Gasteiger partial charge in [0, 0.05) is 17.8 Å². The first-order valence-electron chi connectivity index (χ1n) is 5.49. The molecule has 2 aromatic rings. The Balaban J connectivity index is 1.88. The van der Waals surface area contributed by atoms with Crippen LogP contribution in [0.25, 0.3) is 0 Å². The van der Waals surface area contributed by atoms with E-state index >= 15 is 0 Å². The summed E-state index contributed by atoms with van der Waals surface area (Å²) in [7, 11) is 0. The Hall–Kier alpha value is -2.12. The maximum absolute atomic E-state index is 8.71. The fourth-order valence-corrected chi connectivity index (χ4v) is 1.60. The van der Waals surface area contributed by atoms with Crippen LogP contribution in [0.15, 0.2) is 36.5 Å². The van der Waals surface area contributed by atoms with E-state index in [9.17, 15) is 0 Å². The highest BCUT2D eigenvalue weighted by molar-refractivity contribution is 6.30. The van der Waals surface area contributed by atoms with Crippen LogP contribution in [0.4, 0.5) is 5.95 Å². The molecule has 0 radical (unpaired) electrons. The number of hydrogen-bond donors (Lipinski definition) is 1. The van der Waals surface area contributed by atoms with Gasteiger partial charge < -0.3 is 5.32 Å². The minimum atomic E-state index is 0.360. The van der Waals surface area contributed by atoms with Gasteiger partial charge in [0.15, 0.2) is 0 Å². The number of nitrogens with zero attached hydrogens (tertiary/aromatic N) is 3. The van der Waals surface area contributed by atoms with E-state index in [4.69, 9.17) is 16.9 Å². The van der Waals surface area contributed by atoms with Crippen molar-refractivity contribution in [1.29, 1.82) is 5.26 Å². The molecule has 0 atom stereocenters. The quantitative estimate of drug-likeness (QED) is 0.916. The summed E-state index contributed by atoms with van der Waals surface area (Å²) >= 11 is 5.81. The number of benzene rings is 1. The number of hydrogen-bond acceptors (Lipinski definition) is 4. The average molecular weight is 259 g/mol. The van der Waals surface area contributed by atoms with E-state index < -0.39 is 0 Å². The van der Waals surface area contributed by atoms with Crippen LogP contribution in [-0.4, -0.2) is 16.5 Å². The molecular weight excluding hydrogens is 248 g/mol. The Morgan fingerprint density at radius 2 is 2.00 bits per heavy atom. The third kappa shape index (κ3) is 3.44. The molecule has 0 unspecified atom stereocenters. The van der Waals surface area contributed by atoms with Gasteiger partial charge in [-0.1, -0.05) is 23.7 Å². The van der Waals surface area contributed by atoms with Crippen LogP contribution in [-0.2, 0) is 6.42 Å². The summed E-state index contributed by atoms with van der Waals surface area (Å²) in [6, 6.07) is 11.2. The molecule has 1 aromatic carbocycles. The van der Waals surface area contributed by atoms with Gasteiger partial charge in [-0.05, 0) is 30.2 Å². The first-order valence-corrected chi connectivity index (χ1v) is 5.87. The van der Waals surface area contributed by atoms with Gasteiger partial charge in [0.2, 0.25) is 5.95 Å². The summed E-state index contributed by atoms with van der Waals surface area (Å²) in [4.78, 5) is 8.07. The van der Waals surface area contributed by atoms with E-state index in [2.05, 4.69) is 15.3 Å². The lowest BCUT2D eigenvalue weighted by molar-refractivity contribution is 0.980. The number of nitriles is 1. The van der Waals surface area contributed by atoms with Crippen LogP contribution in [0, 0.1) is 11.3 Å². The summed E-state index contributed by atoms with van der Waals surface area (Å²) in [6.07, 6.45) is 2.41. The van der Waals surface area contributed by atoms with Crippen molar-refractivity contribution < 1.29 is 0 Å². The first kappa shape index (κ1) is 12.3. The Labute approximate surface area is 110 Å². The third-order valence-electron chi connectivity index (χ3n) is 2.38. The van der Waals surface area contributed by atoms with E-state index in [1.165, 1.54) is 5.56 Å². The lowest BCUT2D eigenvalue weighted by Gasteiger charge is -2.04. The van der Waals surface area contributed by atoms with Gasteiger partial charge in [-0.3, -0.25) is 0 Å². The number of aromatic nitrogens is 2. The normalized spacial score (nSPS) is 9.78. The lowest BCUT2D eigenvalue weighted by atomic mass is 10.1. The van der Waals surface area contributed by atoms with E-state index in [0.29, 0.717) is 18.2 Å². The Morgan fingerprint density at radius 3 is 2.72 bits per heavy atom. The predicted octanol–water partition coefficient (Wildman–Crippen LogP) is 2.66. The molecule has 0 aliphatic heterocycles. The topological polar surface area (TPSA) is 61.6 Å². The molecule has 1 N–H and O–H groups in total. The zero-order chi connectivity index (χ0) is 12.8. The van der Waals surface area contributed by atoms with Gasteiger partial charge in [-0.25, -0.2) is 9.97 Å². The largest absolute Gasteiger partial charge is 0.354 e. The zero-order valence-electron chi connectivity index (χ0n) is 9.60. The van der Waals surface area contributed by atoms with Crippen molar-refractivity contribution in [3.8, 4) is 6.07 Å². The molecule has 0 amide bonds. The molecule has 0 aliphatic carbocycles. The number of halogens is 1. The number of rotatable bonds is 4. The fourth-order valence-electron chi connectivity index (χ4n) is 1.48. The number of anilines is 1. The summed E-state index contributed by atoms with van der Waals surface area (Å²) in [5.41, 5.74) is 1.54. The third-order valence-corrected chi connectivity index (χ3v) is 2.63. The summed E-state index contributed by atoms with van der Waals surface area (Å²) in [5.74, 6) is 0.475. The van der Waals surface area contributed by atoms with Crippen molar-refractivity contribution in [2.45, 2.75) is 6.42 Å². The van der Waals surface area contributed by atoms with Crippen LogP contribution in [0.1, 0.15) is 11.3 Å². The first-order chi connectivity index (χ1) is 8.78. The second-order valence-electron chi connectivity index (χ2n) is 3.68. The molecule has 1 aromatic heterocycles. The Bertz CT molecular complexity index is 560. The lowest BCUT2D eigenvalue weighted by Crippen LogP contribution is -2.08. The van der Waals surface area contributed by atoms with Crippen LogP contribution in [0.5, 0.6) is 0 Å². The minimum absolute atomic E-state index is 0.360. The molecule has 2 rings (SSSR count). The van der Waals surface area contributed by atoms with Gasteiger partial charge in [-0.2, -0.15) is 5.26 Å². The molecule has 0 aliphatic rings. The predicted molar refractivity (Wildman–Crippen MR) is 70.4 cm³/mol. The highest BCUT2D eigenvalue weighted by Gasteiger charge is 1.98. The van der Waals surface area contributed by atoms with Crippen molar-refractivity contribution in [1.82, 2.24) is 9.97 Å². The van der Waals surface area contributed by atoms with Gasteiger partial charge in [0.05, 0.1) is 0 Å². The van der Waals surface area contributed by atoms with E-state index in [0.717, 1.165) is 11.4 Å². The fraction of sp³-hybridized carbons (Fsp3) is 0.154. The SMILES string of the molecule is N#Cc1ccnc(NCCc2ccc(Cl)cc2)n1. The van der Waals surface area contributed by atoms with Crippen molar-refractivity contribution in [2.75, 3.05) is 11.9 Å². The molecular formula is C13H11ClN4. The molecule has 1 heterocycles. The Morgan fingerprint density at radius 1 is 1.22 bits per heavy atom. The molecule has 0 fully saturated rings. The molecule has 0 bridgehead atoms. The average Bonchev–Trinajstić information content (AvgIpc) is 2.41. The Kier molecular flexibility index (Phi) is 4.11. The maximum atomic E-state index is 8.71. The molecule has 5 heteroatoms. The molecule has 0 saturated heterocycles. The molecule has 0 spiro atoms. The maximum Gasteiger partial charge on any atom is 0.223 e. The van der Waals surface area contributed by atoms with Gasteiger partial charge in [-0.15, -0.1) is 0 Å². The monoisotopic (exact) mass is 258 g/mol. The molecule has 4 nitrogen and oxygen atoms in total. The highest BCUT2D eigenvalue weighted by Crippen LogP contribution is 2.10. The standard InChI is InChI=1S/C13H11ClN4/c14-11-3-1-10(2-4-11)5-7-16-13-17-8-6-12(9-15)18-13/h1-4,6,8H,5,7H2,(H,16,17,18). The van der Waals surface area contributed by atoms with Crippen molar-refractivity contribution in [2.24, 2.45) is 0 Å². The van der Waals surface area contributed by atoms with Crippen LogP contribution in [0.2, 0.25) is 5.02 Å². The highest BCUT2D eigenvalue weighted by atomic mass is 35.5. The summed E-state index contributed by atoms with van der Waals surface area (Å²) in [5, 5.41) is 12.5. The van der Waals surface area contributed by atoms with Crippen LogP contribution in [0.3, 0.4) is 0 Å². The van der Waals surface area contributed by atoms with Gasteiger partial charge in [0.1, 0.15) is 11.8 Å². The molecule has 0 saturated carbocycles. The molecule has 90 valence electrons. The second-order valence-corrected chi connectivity index (χ2v) is 4.12. The van der Waals surface area contributed by atoms with E-state index in [1.54, 1.807) is 12.3 Å². The van der Waals surface area contributed by atoms with Crippen molar-refractivity contribution in [3.63, 3.8) is 0 Å². The van der Waals surface area contributed by atoms with Crippen molar-refractivity contribution >= 4 is 17.5 Å². The zero-order valence-corrected chi connectivity index (χ0v) is 10.4. The molecule has 18 heavy (non-hydrogen) atoms. The van der Waals surface area contributed by atoms with Crippen LogP contribution < -0.4 is 5.32 Å². The van der Waals surface area contributed by atoms with Crippen molar-refractivity contribution in [3.05, 3.63) is 52.8 Å². The second kappa shape index (κ2) is 5.99. The smallest absolute Gasteiger partial charge is 0.223 e. The van der Waals surface area contributed by atoms with Gasteiger partial charge >= 0.3 is 0 Å². The minimum Gasteiger partial charge on any atom is -0.354 e. The number of nitrogens with one attached hydrogen (secondary N) is 1. The van der Waals surface area contributed by atoms with Gasteiger partial charge in [0.25, 0.3) is 0 Å². The van der Waals surface area contributed by atoms with E-state index in [1.807, 2.05) is 30.3 Å². The summed E-state index contributed by atoms with van der Waals surface area (Å²) < 4.78 is 0. The van der Waals surface area contributed by atoms with Crippen LogP contribution >= 0.6 is 11.6 Å².